The van der Waals surface area contributed by atoms with Crippen molar-refractivity contribution in [2.75, 3.05) is 0 Å². The first-order chi connectivity index (χ1) is 10.7. The van der Waals surface area contributed by atoms with Crippen molar-refractivity contribution in [1.29, 1.82) is 0 Å². The number of amides is 2. The van der Waals surface area contributed by atoms with Crippen LogP contribution >= 0.6 is 0 Å². The Morgan fingerprint density at radius 3 is 2.35 bits per heavy atom. The summed E-state index contributed by atoms with van der Waals surface area (Å²) >= 11 is 0. The topological polar surface area (TPSA) is 108 Å². The Morgan fingerprint density at radius 2 is 1.87 bits per heavy atom. The molecule has 1 aliphatic heterocycles. The molecule has 1 aromatic rings. The van der Waals surface area contributed by atoms with E-state index in [0.717, 1.165) is 0 Å². The van der Waals surface area contributed by atoms with E-state index in [9.17, 15) is 14.4 Å². The fraction of sp³-hybridized carbons (Fsp3) is 0.400. The SMILES string of the molecule is C[Si](C)(C)Oc1ccc([C@@H](N)C(=O)OC2CC(=O)NC2=O)cc1. The molecule has 1 heterocycles. The van der Waals surface area contributed by atoms with Crippen LogP contribution in [-0.4, -0.2) is 32.2 Å². The van der Waals surface area contributed by atoms with E-state index < -0.39 is 38.2 Å². The van der Waals surface area contributed by atoms with E-state index in [1.54, 1.807) is 24.3 Å². The number of carbonyl (C=O) groups is 3. The lowest BCUT2D eigenvalue weighted by molar-refractivity contribution is -0.155. The molecule has 2 rings (SSSR count). The zero-order chi connectivity index (χ0) is 17.2. The van der Waals surface area contributed by atoms with Crippen LogP contribution in [0.4, 0.5) is 0 Å². The van der Waals surface area contributed by atoms with Gasteiger partial charge in [-0.3, -0.25) is 14.9 Å². The Balaban J connectivity index is 1.99. The summed E-state index contributed by atoms with van der Waals surface area (Å²) in [4.78, 5) is 34.5. The van der Waals surface area contributed by atoms with Gasteiger partial charge in [0.05, 0.1) is 6.42 Å². The average molecular weight is 336 g/mol. The van der Waals surface area contributed by atoms with Crippen molar-refractivity contribution in [2.24, 2.45) is 5.73 Å². The van der Waals surface area contributed by atoms with Gasteiger partial charge in [-0.25, -0.2) is 4.79 Å². The number of rotatable bonds is 5. The molecule has 2 amide bonds. The molecule has 8 heteroatoms. The van der Waals surface area contributed by atoms with Crippen LogP contribution in [0.15, 0.2) is 24.3 Å². The predicted octanol–water partition coefficient (Wildman–Crippen LogP) is 0.858. The first kappa shape index (κ1) is 17.2. The molecule has 1 aliphatic rings. The largest absolute Gasteiger partial charge is 0.544 e. The summed E-state index contributed by atoms with van der Waals surface area (Å²) in [7, 11) is -1.70. The smallest absolute Gasteiger partial charge is 0.328 e. The van der Waals surface area contributed by atoms with Crippen molar-refractivity contribution in [3.63, 3.8) is 0 Å². The minimum atomic E-state index is -1.70. The molecule has 0 aliphatic carbocycles. The first-order valence-corrected chi connectivity index (χ1v) is 10.7. The van der Waals surface area contributed by atoms with Crippen LogP contribution in [0.2, 0.25) is 19.6 Å². The first-order valence-electron chi connectivity index (χ1n) is 7.24. The fourth-order valence-electron chi connectivity index (χ4n) is 2.07. The van der Waals surface area contributed by atoms with Crippen molar-refractivity contribution in [3.8, 4) is 5.75 Å². The molecule has 0 radical (unpaired) electrons. The maximum Gasteiger partial charge on any atom is 0.328 e. The Kier molecular flexibility index (Phi) is 4.86. The third-order valence-electron chi connectivity index (χ3n) is 3.10. The number of nitrogens with one attached hydrogen (secondary N) is 1. The van der Waals surface area contributed by atoms with E-state index in [1.165, 1.54) is 0 Å². The van der Waals surface area contributed by atoms with Crippen LogP contribution in [-0.2, 0) is 19.1 Å². The summed E-state index contributed by atoms with van der Waals surface area (Å²) in [5, 5.41) is 2.07. The molecule has 1 fully saturated rings. The lowest BCUT2D eigenvalue weighted by atomic mass is 10.1. The van der Waals surface area contributed by atoms with E-state index in [-0.39, 0.29) is 6.42 Å². The highest BCUT2D eigenvalue weighted by Crippen LogP contribution is 2.21. The molecule has 0 saturated carbocycles. The summed E-state index contributed by atoms with van der Waals surface area (Å²) in [5.74, 6) is -1.11. The standard InChI is InChI=1S/C15H20N2O5Si/c1-23(2,3)22-10-6-4-9(5-7-10)13(16)15(20)21-11-8-12(18)17-14(11)19/h4-7,11,13H,8,16H2,1-3H3,(H,17,18,19)/t11?,13-/m1/s1. The van der Waals surface area contributed by atoms with Crippen LogP contribution in [0.3, 0.4) is 0 Å². The van der Waals surface area contributed by atoms with Gasteiger partial charge < -0.3 is 14.9 Å². The number of hydrogen-bond acceptors (Lipinski definition) is 6. The van der Waals surface area contributed by atoms with E-state index >= 15 is 0 Å². The molecule has 0 bridgehead atoms. The summed E-state index contributed by atoms with van der Waals surface area (Å²) in [6, 6.07) is 5.82. The minimum Gasteiger partial charge on any atom is -0.544 e. The lowest BCUT2D eigenvalue weighted by Gasteiger charge is -2.20. The molecule has 0 spiro atoms. The van der Waals surface area contributed by atoms with Crippen LogP contribution < -0.4 is 15.5 Å². The zero-order valence-corrected chi connectivity index (χ0v) is 14.3. The molecular weight excluding hydrogens is 316 g/mol. The van der Waals surface area contributed by atoms with Gasteiger partial charge in [0.15, 0.2) is 6.10 Å². The molecule has 0 aromatic heterocycles. The molecule has 124 valence electrons. The number of esters is 1. The number of benzene rings is 1. The fourth-order valence-corrected chi connectivity index (χ4v) is 2.91. The number of hydrogen-bond donors (Lipinski definition) is 2. The molecule has 2 atom stereocenters. The second-order valence-electron chi connectivity index (χ2n) is 6.30. The Bertz CT molecular complexity index is 624. The highest BCUT2D eigenvalue weighted by atomic mass is 28.4. The maximum atomic E-state index is 12.0. The molecule has 23 heavy (non-hydrogen) atoms. The highest BCUT2D eigenvalue weighted by Gasteiger charge is 2.35. The van der Waals surface area contributed by atoms with Crippen molar-refractivity contribution in [2.45, 2.75) is 38.2 Å². The van der Waals surface area contributed by atoms with E-state index in [2.05, 4.69) is 25.0 Å². The van der Waals surface area contributed by atoms with Crippen LogP contribution in [0.1, 0.15) is 18.0 Å². The van der Waals surface area contributed by atoms with Gasteiger partial charge in [-0.2, -0.15) is 0 Å². The predicted molar refractivity (Wildman–Crippen MR) is 85.0 cm³/mol. The Labute approximate surface area is 135 Å². The van der Waals surface area contributed by atoms with Gasteiger partial charge in [0, 0.05) is 0 Å². The number of carbonyl (C=O) groups excluding carboxylic acids is 3. The molecule has 1 aromatic carbocycles. The molecule has 1 unspecified atom stereocenters. The van der Waals surface area contributed by atoms with Gasteiger partial charge in [-0.1, -0.05) is 12.1 Å². The molecule has 3 N–H and O–H groups in total. The zero-order valence-electron chi connectivity index (χ0n) is 13.3. The van der Waals surface area contributed by atoms with Crippen LogP contribution in [0, 0.1) is 0 Å². The van der Waals surface area contributed by atoms with Gasteiger partial charge in [0.25, 0.3) is 5.91 Å². The lowest BCUT2D eigenvalue weighted by Crippen LogP contribution is -2.32. The van der Waals surface area contributed by atoms with Crippen LogP contribution in [0.5, 0.6) is 5.75 Å². The summed E-state index contributed by atoms with van der Waals surface area (Å²) in [6.07, 6.45) is -1.27. The van der Waals surface area contributed by atoms with E-state index in [4.69, 9.17) is 14.9 Å². The Hall–Kier alpha value is -2.19. The summed E-state index contributed by atoms with van der Waals surface area (Å²) in [6.45, 7) is 6.20. The number of imide groups is 1. The maximum absolute atomic E-state index is 12.0. The monoisotopic (exact) mass is 336 g/mol. The van der Waals surface area contributed by atoms with Gasteiger partial charge in [-0.15, -0.1) is 0 Å². The van der Waals surface area contributed by atoms with Crippen LogP contribution in [0.25, 0.3) is 0 Å². The van der Waals surface area contributed by atoms with Gasteiger partial charge >= 0.3 is 5.97 Å². The number of ether oxygens (including phenoxy) is 1. The van der Waals surface area contributed by atoms with Crippen molar-refractivity contribution in [1.82, 2.24) is 5.32 Å². The Morgan fingerprint density at radius 1 is 1.26 bits per heavy atom. The molecular formula is C15H20N2O5Si. The van der Waals surface area contributed by atoms with E-state index in [1.807, 2.05) is 0 Å². The van der Waals surface area contributed by atoms with Crippen molar-refractivity contribution in [3.05, 3.63) is 29.8 Å². The minimum absolute atomic E-state index is 0.166. The average Bonchev–Trinajstić information content (AvgIpc) is 2.75. The number of nitrogens with two attached hydrogens (primary N) is 1. The van der Waals surface area contributed by atoms with Gasteiger partial charge in [-0.05, 0) is 37.3 Å². The normalized spacial score (nSPS) is 19.2. The second-order valence-corrected chi connectivity index (χ2v) is 10.7. The molecule has 1 saturated heterocycles. The summed E-state index contributed by atoms with van der Waals surface area (Å²) < 4.78 is 10.8. The summed E-state index contributed by atoms with van der Waals surface area (Å²) in [5.41, 5.74) is 6.39. The third-order valence-corrected chi connectivity index (χ3v) is 3.95. The van der Waals surface area contributed by atoms with Crippen molar-refractivity contribution >= 4 is 26.1 Å². The molecule has 7 nitrogen and oxygen atoms in total. The van der Waals surface area contributed by atoms with Gasteiger partial charge in [0.2, 0.25) is 14.2 Å². The van der Waals surface area contributed by atoms with Gasteiger partial charge in [0.1, 0.15) is 11.8 Å². The van der Waals surface area contributed by atoms with Crippen molar-refractivity contribution < 1.29 is 23.5 Å². The highest BCUT2D eigenvalue weighted by molar-refractivity contribution is 6.70. The van der Waals surface area contributed by atoms with E-state index in [0.29, 0.717) is 11.3 Å². The third kappa shape index (κ3) is 4.64. The second kappa shape index (κ2) is 6.51. The quantitative estimate of drug-likeness (QED) is 0.469.